The Morgan fingerprint density at radius 1 is 1.23 bits per heavy atom. The van der Waals surface area contributed by atoms with Gasteiger partial charge < -0.3 is 16.4 Å². The normalized spacial score (nSPS) is 16.8. The van der Waals surface area contributed by atoms with Crippen molar-refractivity contribution in [1.82, 2.24) is 10.6 Å². The van der Waals surface area contributed by atoms with Gasteiger partial charge in [0.15, 0.2) is 0 Å². The largest absolute Gasteiger partial charge is 0.352 e. The number of benzene rings is 1. The third-order valence-corrected chi connectivity index (χ3v) is 5.99. The van der Waals surface area contributed by atoms with Crippen molar-refractivity contribution < 1.29 is 9.59 Å². The minimum absolute atomic E-state index is 0.0689. The summed E-state index contributed by atoms with van der Waals surface area (Å²) in [7, 11) is 0. The molecule has 0 saturated heterocycles. The van der Waals surface area contributed by atoms with Crippen LogP contribution in [-0.4, -0.2) is 11.9 Å². The Morgan fingerprint density at radius 3 is 2.62 bits per heavy atom. The summed E-state index contributed by atoms with van der Waals surface area (Å²) in [5.41, 5.74) is 7.34. The van der Waals surface area contributed by atoms with E-state index in [-0.39, 0.29) is 17.9 Å². The first-order valence-electron chi connectivity index (χ1n) is 8.96. The molecule has 1 fully saturated rings. The fraction of sp³-hybridized carbons (Fsp3) is 0.400. The lowest BCUT2D eigenvalue weighted by Crippen LogP contribution is -2.45. The number of thiophene rings is 1. The molecule has 1 aliphatic rings. The van der Waals surface area contributed by atoms with Crippen LogP contribution in [0.3, 0.4) is 0 Å². The van der Waals surface area contributed by atoms with Gasteiger partial charge in [0.1, 0.15) is 0 Å². The maximum Gasteiger partial charge on any atom is 0.312 e. The molecule has 4 N–H and O–H groups in total. The third-order valence-electron chi connectivity index (χ3n) is 5.00. The summed E-state index contributed by atoms with van der Waals surface area (Å²) in [5.74, 6) is -0.0689. The smallest absolute Gasteiger partial charge is 0.312 e. The summed E-state index contributed by atoms with van der Waals surface area (Å²) in [6, 6.07) is 11.1. The molecule has 5 nitrogen and oxygen atoms in total. The van der Waals surface area contributed by atoms with Crippen molar-refractivity contribution in [2.75, 3.05) is 0 Å². The van der Waals surface area contributed by atoms with E-state index in [9.17, 15) is 9.59 Å². The van der Waals surface area contributed by atoms with Crippen LogP contribution in [0.25, 0.3) is 0 Å². The molecule has 138 valence electrons. The number of amides is 3. The van der Waals surface area contributed by atoms with Gasteiger partial charge in [0, 0.05) is 4.88 Å². The summed E-state index contributed by atoms with van der Waals surface area (Å²) < 4.78 is 0. The van der Waals surface area contributed by atoms with Gasteiger partial charge in [0.05, 0.1) is 18.0 Å². The van der Waals surface area contributed by atoms with E-state index in [4.69, 9.17) is 5.73 Å². The second-order valence-electron chi connectivity index (χ2n) is 6.99. The molecule has 1 unspecified atom stereocenters. The Hall–Kier alpha value is -2.34. The Kier molecular flexibility index (Phi) is 5.61. The number of nitrogens with one attached hydrogen (secondary N) is 2. The molecule has 1 aromatic carbocycles. The Balaban J connectivity index is 1.76. The number of aryl methyl sites for hydroxylation is 1. The van der Waals surface area contributed by atoms with Gasteiger partial charge in [0.25, 0.3) is 0 Å². The average molecular weight is 372 g/mol. The molecule has 1 heterocycles. The van der Waals surface area contributed by atoms with Crippen molar-refractivity contribution in [2.45, 2.75) is 50.6 Å². The highest BCUT2D eigenvalue weighted by Gasteiger charge is 2.37. The van der Waals surface area contributed by atoms with Gasteiger partial charge in [-0.1, -0.05) is 48.7 Å². The maximum absolute atomic E-state index is 12.9. The highest BCUT2D eigenvalue weighted by molar-refractivity contribution is 7.10. The van der Waals surface area contributed by atoms with E-state index in [1.165, 1.54) is 22.5 Å². The van der Waals surface area contributed by atoms with E-state index in [0.717, 1.165) is 30.6 Å². The van der Waals surface area contributed by atoms with Crippen molar-refractivity contribution >= 4 is 23.3 Å². The Labute approximate surface area is 158 Å². The molecule has 1 aliphatic carbocycles. The summed E-state index contributed by atoms with van der Waals surface area (Å²) in [4.78, 5) is 25.1. The number of rotatable bonds is 6. The van der Waals surface area contributed by atoms with E-state index in [2.05, 4.69) is 35.8 Å². The second-order valence-corrected chi connectivity index (χ2v) is 7.97. The molecular weight excluding hydrogens is 346 g/mol. The molecule has 1 atom stereocenters. The van der Waals surface area contributed by atoms with E-state index >= 15 is 0 Å². The van der Waals surface area contributed by atoms with Gasteiger partial charge in [-0.2, -0.15) is 0 Å². The van der Waals surface area contributed by atoms with Crippen molar-refractivity contribution in [3.8, 4) is 0 Å². The van der Waals surface area contributed by atoms with Crippen LogP contribution in [0.1, 0.15) is 54.1 Å². The average Bonchev–Trinajstić information content (AvgIpc) is 3.26. The van der Waals surface area contributed by atoms with Crippen LogP contribution in [0.15, 0.2) is 41.8 Å². The van der Waals surface area contributed by atoms with Gasteiger partial charge in [0.2, 0.25) is 5.91 Å². The summed E-state index contributed by atoms with van der Waals surface area (Å²) in [6.45, 7) is 2.07. The van der Waals surface area contributed by atoms with Crippen LogP contribution in [0.5, 0.6) is 0 Å². The number of carbonyl (C=O) groups excluding carboxylic acids is 2. The van der Waals surface area contributed by atoms with Gasteiger partial charge in [-0.15, -0.1) is 11.3 Å². The summed E-state index contributed by atoms with van der Waals surface area (Å²) in [6.07, 6.45) is 4.26. The molecule has 0 spiro atoms. The van der Waals surface area contributed by atoms with Crippen LogP contribution in [0.4, 0.5) is 4.79 Å². The predicted octanol–water partition coefficient (Wildman–Crippen LogP) is 3.74. The number of nitrogens with two attached hydrogens (primary N) is 1. The fourth-order valence-electron chi connectivity index (χ4n) is 3.79. The van der Waals surface area contributed by atoms with E-state index in [1.54, 1.807) is 0 Å². The van der Waals surface area contributed by atoms with Crippen LogP contribution in [-0.2, 0) is 10.3 Å². The first-order chi connectivity index (χ1) is 12.5. The van der Waals surface area contributed by atoms with Gasteiger partial charge in [-0.3, -0.25) is 4.79 Å². The zero-order valence-corrected chi connectivity index (χ0v) is 15.8. The molecule has 3 amide bonds. The topological polar surface area (TPSA) is 84.2 Å². The standard InChI is InChI=1S/C20H25N3O2S/c1-14-6-4-7-15(12-14)20(9-2-3-10-20)23-18(24)13-16(22-19(21)25)17-8-5-11-26-17/h4-8,11-12,16H,2-3,9-10,13H2,1H3,(H,23,24)(H3,21,22,25). The monoisotopic (exact) mass is 371 g/mol. The van der Waals surface area contributed by atoms with Crippen molar-refractivity contribution in [3.05, 3.63) is 57.8 Å². The van der Waals surface area contributed by atoms with E-state index in [1.807, 2.05) is 23.6 Å². The molecule has 0 bridgehead atoms. The maximum atomic E-state index is 12.9. The molecule has 6 heteroatoms. The van der Waals surface area contributed by atoms with Crippen molar-refractivity contribution in [1.29, 1.82) is 0 Å². The quantitative estimate of drug-likeness (QED) is 0.723. The number of carbonyl (C=O) groups is 2. The van der Waals surface area contributed by atoms with Crippen LogP contribution >= 0.6 is 11.3 Å². The molecule has 0 aliphatic heterocycles. The lowest BCUT2D eigenvalue weighted by molar-refractivity contribution is -0.123. The van der Waals surface area contributed by atoms with Crippen LogP contribution in [0.2, 0.25) is 0 Å². The minimum Gasteiger partial charge on any atom is -0.352 e. The van der Waals surface area contributed by atoms with E-state index < -0.39 is 12.1 Å². The number of primary amides is 1. The predicted molar refractivity (Wildman–Crippen MR) is 104 cm³/mol. The van der Waals surface area contributed by atoms with Gasteiger partial charge >= 0.3 is 6.03 Å². The highest BCUT2D eigenvalue weighted by Crippen LogP contribution is 2.39. The summed E-state index contributed by atoms with van der Waals surface area (Å²) >= 11 is 1.50. The van der Waals surface area contributed by atoms with E-state index in [0.29, 0.717) is 0 Å². The Morgan fingerprint density at radius 2 is 2.00 bits per heavy atom. The number of hydrogen-bond acceptors (Lipinski definition) is 3. The van der Waals surface area contributed by atoms with Gasteiger partial charge in [-0.05, 0) is 36.8 Å². The van der Waals surface area contributed by atoms with Crippen LogP contribution in [0, 0.1) is 6.92 Å². The third kappa shape index (κ3) is 4.25. The number of hydrogen-bond donors (Lipinski definition) is 3. The first-order valence-corrected chi connectivity index (χ1v) is 9.84. The second kappa shape index (κ2) is 7.91. The fourth-order valence-corrected chi connectivity index (χ4v) is 4.57. The van der Waals surface area contributed by atoms with Gasteiger partial charge in [-0.25, -0.2) is 4.79 Å². The van der Waals surface area contributed by atoms with Crippen molar-refractivity contribution in [3.63, 3.8) is 0 Å². The molecular formula is C20H25N3O2S. The molecule has 1 saturated carbocycles. The molecule has 26 heavy (non-hydrogen) atoms. The van der Waals surface area contributed by atoms with Crippen molar-refractivity contribution in [2.24, 2.45) is 5.73 Å². The molecule has 2 aromatic rings. The molecule has 3 rings (SSSR count). The SMILES string of the molecule is Cc1cccc(C2(NC(=O)CC(NC(N)=O)c3cccs3)CCCC2)c1. The Bertz CT molecular complexity index is 767. The number of urea groups is 1. The summed E-state index contributed by atoms with van der Waals surface area (Å²) in [5, 5.41) is 7.89. The molecule has 1 aromatic heterocycles. The first kappa shape index (κ1) is 18.5. The zero-order chi connectivity index (χ0) is 18.6. The zero-order valence-electron chi connectivity index (χ0n) is 15.0. The lowest BCUT2D eigenvalue weighted by Gasteiger charge is -2.32. The lowest BCUT2D eigenvalue weighted by atomic mass is 9.87. The minimum atomic E-state index is -0.620. The highest BCUT2D eigenvalue weighted by atomic mass is 32.1. The van der Waals surface area contributed by atoms with Crippen LogP contribution < -0.4 is 16.4 Å². The molecule has 0 radical (unpaired) electrons.